The van der Waals surface area contributed by atoms with Crippen molar-refractivity contribution in [2.75, 3.05) is 24.5 Å². The van der Waals surface area contributed by atoms with Gasteiger partial charge in [-0.25, -0.2) is 4.39 Å². The predicted octanol–water partition coefficient (Wildman–Crippen LogP) is 3.01. The molecule has 1 atom stereocenters. The summed E-state index contributed by atoms with van der Waals surface area (Å²) in [5.41, 5.74) is 1.31. The Balaban J connectivity index is 2.22. The molecule has 1 aromatic rings. The van der Waals surface area contributed by atoms with Crippen LogP contribution in [0.3, 0.4) is 0 Å². The second kappa shape index (κ2) is 5.10. The number of rotatable bonds is 2. The second-order valence-corrected chi connectivity index (χ2v) is 6.02. The number of benzene rings is 1. The molecule has 0 spiro atoms. The average Bonchev–Trinajstić information content (AvgIpc) is 2.29. The smallest absolute Gasteiger partial charge is 0.124 e. The molecule has 0 amide bonds. The van der Waals surface area contributed by atoms with Gasteiger partial charge >= 0.3 is 0 Å². The highest BCUT2D eigenvalue weighted by Gasteiger charge is 2.29. The number of nitrogens with zero attached hydrogens (tertiary/aromatic N) is 1. The molecule has 2 rings (SSSR count). The second-order valence-electron chi connectivity index (χ2n) is 4.86. The van der Waals surface area contributed by atoms with Gasteiger partial charge in [0.15, 0.2) is 0 Å². The molecular weight excluding hydrogens is 330 g/mol. The molecule has 1 saturated heterocycles. The summed E-state index contributed by atoms with van der Waals surface area (Å²) < 4.78 is 14.1. The van der Waals surface area contributed by atoms with Crippen molar-refractivity contribution < 1.29 is 4.39 Å². The van der Waals surface area contributed by atoms with Gasteiger partial charge in [-0.1, -0.05) is 6.92 Å². The Morgan fingerprint density at radius 1 is 1.53 bits per heavy atom. The molecule has 0 bridgehead atoms. The van der Waals surface area contributed by atoms with Gasteiger partial charge in [0.05, 0.1) is 5.69 Å². The fraction of sp³-hybridized carbons (Fsp3) is 0.538. The van der Waals surface area contributed by atoms with Crippen LogP contribution in [0.4, 0.5) is 10.1 Å². The van der Waals surface area contributed by atoms with Crippen LogP contribution in [0.1, 0.15) is 20.3 Å². The molecule has 1 heterocycles. The van der Waals surface area contributed by atoms with Crippen LogP contribution in [-0.4, -0.2) is 25.2 Å². The highest BCUT2D eigenvalue weighted by atomic mass is 127. The zero-order valence-electron chi connectivity index (χ0n) is 10.3. The molecule has 1 fully saturated rings. The van der Waals surface area contributed by atoms with Crippen LogP contribution in [-0.2, 0) is 0 Å². The van der Waals surface area contributed by atoms with Gasteiger partial charge in [0.25, 0.3) is 0 Å². The monoisotopic (exact) mass is 348 g/mol. The van der Waals surface area contributed by atoms with Gasteiger partial charge in [0.1, 0.15) is 5.82 Å². The van der Waals surface area contributed by atoms with E-state index in [1.807, 2.05) is 6.07 Å². The quantitative estimate of drug-likeness (QED) is 0.827. The van der Waals surface area contributed by atoms with E-state index < -0.39 is 0 Å². The molecule has 0 aliphatic carbocycles. The first-order chi connectivity index (χ1) is 8.04. The van der Waals surface area contributed by atoms with Gasteiger partial charge in [0.2, 0.25) is 0 Å². The lowest BCUT2D eigenvalue weighted by Crippen LogP contribution is -2.58. The van der Waals surface area contributed by atoms with Crippen molar-refractivity contribution >= 4 is 28.3 Å². The van der Waals surface area contributed by atoms with Crippen LogP contribution in [0.15, 0.2) is 18.2 Å². The van der Waals surface area contributed by atoms with Gasteiger partial charge in [-0.2, -0.15) is 0 Å². The third-order valence-corrected chi connectivity index (χ3v) is 4.37. The van der Waals surface area contributed by atoms with E-state index in [1.54, 1.807) is 12.1 Å². The van der Waals surface area contributed by atoms with Gasteiger partial charge in [-0.3, -0.25) is 0 Å². The average molecular weight is 348 g/mol. The maximum atomic E-state index is 13.1. The van der Waals surface area contributed by atoms with E-state index in [0.29, 0.717) is 0 Å². The minimum absolute atomic E-state index is 0.161. The molecule has 94 valence electrons. The first kappa shape index (κ1) is 13.1. The zero-order valence-corrected chi connectivity index (χ0v) is 12.4. The van der Waals surface area contributed by atoms with Crippen LogP contribution in [0.5, 0.6) is 0 Å². The largest absolute Gasteiger partial charge is 0.368 e. The van der Waals surface area contributed by atoms with E-state index in [-0.39, 0.29) is 11.4 Å². The maximum absolute atomic E-state index is 13.1. The van der Waals surface area contributed by atoms with Crippen molar-refractivity contribution in [2.45, 2.75) is 25.8 Å². The summed E-state index contributed by atoms with van der Waals surface area (Å²) in [5, 5.41) is 3.56. The molecule has 4 heteroatoms. The number of piperazine rings is 1. The van der Waals surface area contributed by atoms with Crippen molar-refractivity contribution in [3.8, 4) is 0 Å². The fourth-order valence-electron chi connectivity index (χ4n) is 2.23. The minimum Gasteiger partial charge on any atom is -0.368 e. The van der Waals surface area contributed by atoms with Crippen molar-refractivity contribution in [3.63, 3.8) is 0 Å². The van der Waals surface area contributed by atoms with Crippen LogP contribution in [0.2, 0.25) is 0 Å². The Hall–Kier alpha value is -0.360. The van der Waals surface area contributed by atoms with E-state index in [0.717, 1.165) is 35.3 Å². The Kier molecular flexibility index (Phi) is 3.92. The van der Waals surface area contributed by atoms with Crippen LogP contribution in [0, 0.1) is 9.39 Å². The molecule has 1 aromatic carbocycles. The third kappa shape index (κ3) is 2.91. The maximum Gasteiger partial charge on any atom is 0.124 e. The van der Waals surface area contributed by atoms with Crippen LogP contribution in [0.25, 0.3) is 0 Å². The first-order valence-corrected chi connectivity index (χ1v) is 7.07. The van der Waals surface area contributed by atoms with Gasteiger partial charge in [0, 0.05) is 28.7 Å². The number of halogens is 2. The normalized spacial score (nSPS) is 25.1. The summed E-state index contributed by atoms with van der Waals surface area (Å²) >= 11 is 2.21. The van der Waals surface area contributed by atoms with Crippen LogP contribution >= 0.6 is 22.6 Å². The molecule has 1 aliphatic rings. The SMILES string of the molecule is CCC1(C)CN(c2ccc(F)cc2I)CCN1. The molecule has 0 aromatic heterocycles. The van der Waals surface area contributed by atoms with Crippen molar-refractivity contribution in [2.24, 2.45) is 0 Å². The highest BCUT2D eigenvalue weighted by Crippen LogP contribution is 2.27. The van der Waals surface area contributed by atoms with Crippen molar-refractivity contribution in [3.05, 3.63) is 27.6 Å². The number of hydrogen-bond acceptors (Lipinski definition) is 2. The van der Waals surface area contributed by atoms with E-state index >= 15 is 0 Å². The third-order valence-electron chi connectivity index (χ3n) is 3.50. The molecule has 0 radical (unpaired) electrons. The number of anilines is 1. The van der Waals surface area contributed by atoms with E-state index in [1.165, 1.54) is 0 Å². The summed E-state index contributed by atoms with van der Waals surface area (Å²) in [6.07, 6.45) is 1.10. The lowest BCUT2D eigenvalue weighted by Gasteiger charge is -2.42. The standard InChI is InChI=1S/C13H18FIN2/c1-3-13(2)9-17(7-6-16-13)12-5-4-10(14)8-11(12)15/h4-5,8,16H,3,6-7,9H2,1-2H3. The summed E-state index contributed by atoms with van der Waals surface area (Å²) in [7, 11) is 0. The van der Waals surface area contributed by atoms with Crippen molar-refractivity contribution in [1.82, 2.24) is 5.32 Å². The van der Waals surface area contributed by atoms with Gasteiger partial charge < -0.3 is 10.2 Å². The minimum atomic E-state index is -0.161. The van der Waals surface area contributed by atoms with Crippen molar-refractivity contribution in [1.29, 1.82) is 0 Å². The highest BCUT2D eigenvalue weighted by molar-refractivity contribution is 14.1. The van der Waals surface area contributed by atoms with Gasteiger partial charge in [-0.15, -0.1) is 0 Å². The Morgan fingerprint density at radius 2 is 2.29 bits per heavy atom. The molecule has 1 unspecified atom stereocenters. The van der Waals surface area contributed by atoms with E-state index in [9.17, 15) is 4.39 Å². The Labute approximate surface area is 116 Å². The molecular formula is C13H18FIN2. The Bertz CT molecular complexity index is 410. The number of nitrogens with one attached hydrogen (secondary N) is 1. The van der Waals surface area contributed by atoms with E-state index in [2.05, 4.69) is 46.7 Å². The Morgan fingerprint density at radius 3 is 2.94 bits per heavy atom. The molecule has 1 N–H and O–H groups in total. The molecule has 0 saturated carbocycles. The fourth-order valence-corrected chi connectivity index (χ4v) is 3.05. The van der Waals surface area contributed by atoms with Crippen LogP contribution < -0.4 is 10.2 Å². The number of hydrogen-bond donors (Lipinski definition) is 1. The topological polar surface area (TPSA) is 15.3 Å². The lowest BCUT2D eigenvalue weighted by molar-refractivity contribution is 0.314. The zero-order chi connectivity index (χ0) is 12.5. The molecule has 1 aliphatic heterocycles. The van der Waals surface area contributed by atoms with Gasteiger partial charge in [-0.05, 0) is 54.1 Å². The summed E-state index contributed by atoms with van der Waals surface area (Å²) in [6.45, 7) is 7.39. The summed E-state index contributed by atoms with van der Waals surface area (Å²) in [5.74, 6) is -0.161. The predicted molar refractivity (Wildman–Crippen MR) is 78.0 cm³/mol. The summed E-state index contributed by atoms with van der Waals surface area (Å²) in [4.78, 5) is 2.35. The molecule has 2 nitrogen and oxygen atoms in total. The first-order valence-electron chi connectivity index (χ1n) is 5.99. The molecule has 17 heavy (non-hydrogen) atoms. The summed E-state index contributed by atoms with van der Waals surface area (Å²) in [6, 6.07) is 5.03. The lowest BCUT2D eigenvalue weighted by atomic mass is 9.95. The van der Waals surface area contributed by atoms with E-state index in [4.69, 9.17) is 0 Å².